The number of nitrogens with one attached hydrogen (secondary N) is 1. The molecule has 3 aliphatic rings. The third-order valence-electron chi connectivity index (χ3n) is 5.06. The Morgan fingerprint density at radius 2 is 2.04 bits per heavy atom. The minimum absolute atomic E-state index is 0.0125. The number of carbonyl (C=O) groups is 2. The Kier molecular flexibility index (Phi) is 3.41. The highest BCUT2D eigenvalue weighted by atomic mass is 16.5. The quantitative estimate of drug-likeness (QED) is 0.891. The first kappa shape index (κ1) is 14.7. The van der Waals surface area contributed by atoms with Crippen LogP contribution in [-0.4, -0.2) is 53.2 Å². The fourth-order valence-electron chi connectivity index (χ4n) is 3.70. The molecule has 3 fully saturated rings. The summed E-state index contributed by atoms with van der Waals surface area (Å²) >= 11 is 0. The lowest BCUT2D eigenvalue weighted by molar-refractivity contribution is -0.127. The summed E-state index contributed by atoms with van der Waals surface area (Å²) in [5.41, 5.74) is 1.10. The Hall–Kier alpha value is -1.89. The molecule has 4 rings (SSSR count). The average molecular weight is 319 g/mol. The number of aryl methyl sites for hydroxylation is 2. The molecule has 1 aromatic heterocycles. The van der Waals surface area contributed by atoms with E-state index in [1.54, 1.807) is 18.7 Å². The van der Waals surface area contributed by atoms with Gasteiger partial charge in [0.25, 0.3) is 5.91 Å². The Morgan fingerprint density at radius 1 is 1.26 bits per heavy atom. The monoisotopic (exact) mass is 319 g/mol. The van der Waals surface area contributed by atoms with E-state index in [0.29, 0.717) is 36.2 Å². The Balaban J connectivity index is 1.57. The fourth-order valence-corrected chi connectivity index (χ4v) is 3.70. The topological polar surface area (TPSA) is 84.7 Å². The Bertz CT molecular complexity index is 632. The molecule has 2 saturated heterocycles. The van der Waals surface area contributed by atoms with Crippen LogP contribution in [0.2, 0.25) is 0 Å². The van der Waals surface area contributed by atoms with Crippen LogP contribution in [0.5, 0.6) is 0 Å². The second kappa shape index (κ2) is 5.33. The maximum Gasteiger partial charge on any atom is 0.259 e. The van der Waals surface area contributed by atoms with E-state index >= 15 is 0 Å². The van der Waals surface area contributed by atoms with Gasteiger partial charge in [0, 0.05) is 19.2 Å². The van der Waals surface area contributed by atoms with Gasteiger partial charge in [0.2, 0.25) is 5.91 Å². The van der Waals surface area contributed by atoms with E-state index in [2.05, 4.69) is 10.5 Å². The van der Waals surface area contributed by atoms with E-state index in [9.17, 15) is 9.59 Å². The number of carbonyl (C=O) groups excluding carboxylic acids is 2. The molecule has 2 aliphatic heterocycles. The molecular weight excluding hydrogens is 298 g/mol. The number of hydrogen-bond acceptors (Lipinski definition) is 5. The zero-order valence-electron chi connectivity index (χ0n) is 13.4. The second-order valence-electron chi connectivity index (χ2n) is 6.74. The molecule has 1 saturated carbocycles. The first-order chi connectivity index (χ1) is 11.1. The van der Waals surface area contributed by atoms with Gasteiger partial charge in [0.05, 0.1) is 23.8 Å². The molecule has 7 nitrogen and oxygen atoms in total. The van der Waals surface area contributed by atoms with Crippen molar-refractivity contribution in [1.82, 2.24) is 15.4 Å². The third kappa shape index (κ3) is 2.43. The van der Waals surface area contributed by atoms with Crippen LogP contribution in [0.25, 0.3) is 0 Å². The van der Waals surface area contributed by atoms with Crippen LogP contribution in [0.3, 0.4) is 0 Å². The number of hydrogen-bond donors (Lipinski definition) is 1. The highest BCUT2D eigenvalue weighted by molar-refractivity contribution is 5.97. The number of aromatic nitrogens is 1. The van der Waals surface area contributed by atoms with Crippen LogP contribution in [0, 0.1) is 19.8 Å². The average Bonchev–Trinajstić information content (AvgIpc) is 2.94. The van der Waals surface area contributed by atoms with E-state index in [4.69, 9.17) is 9.26 Å². The molecule has 0 unspecified atom stereocenters. The third-order valence-corrected chi connectivity index (χ3v) is 5.06. The number of rotatable bonds is 3. The summed E-state index contributed by atoms with van der Waals surface area (Å²) in [6.45, 7) is 4.49. The lowest BCUT2D eigenvalue weighted by Crippen LogP contribution is -2.39. The SMILES string of the molecule is Cc1noc(C)c1C(=O)N1C[C@H](C(=O)NC2CC2)[C@H]2OCC[C@@H]21. The van der Waals surface area contributed by atoms with Crippen molar-refractivity contribution in [3.05, 3.63) is 17.0 Å². The van der Waals surface area contributed by atoms with Gasteiger partial charge >= 0.3 is 0 Å². The lowest BCUT2D eigenvalue weighted by atomic mass is 10.0. The van der Waals surface area contributed by atoms with Crippen molar-refractivity contribution >= 4 is 11.8 Å². The van der Waals surface area contributed by atoms with E-state index < -0.39 is 0 Å². The number of likely N-dealkylation sites (tertiary alicyclic amines) is 1. The summed E-state index contributed by atoms with van der Waals surface area (Å²) < 4.78 is 10.9. The summed E-state index contributed by atoms with van der Waals surface area (Å²) in [6, 6.07) is 0.279. The van der Waals surface area contributed by atoms with Crippen LogP contribution in [0.1, 0.15) is 41.1 Å². The zero-order valence-corrected chi connectivity index (χ0v) is 13.4. The maximum atomic E-state index is 12.9. The molecule has 0 radical (unpaired) electrons. The largest absolute Gasteiger partial charge is 0.375 e. The summed E-state index contributed by atoms with van der Waals surface area (Å²) in [5, 5.41) is 6.90. The molecule has 0 bridgehead atoms. The van der Waals surface area contributed by atoms with Crippen molar-refractivity contribution in [3.8, 4) is 0 Å². The van der Waals surface area contributed by atoms with Gasteiger partial charge in [0.15, 0.2) is 0 Å². The van der Waals surface area contributed by atoms with Gasteiger partial charge < -0.3 is 19.5 Å². The predicted molar refractivity (Wildman–Crippen MR) is 79.8 cm³/mol. The molecular formula is C16H21N3O4. The van der Waals surface area contributed by atoms with Gasteiger partial charge in [-0.05, 0) is 33.1 Å². The molecule has 1 aromatic rings. The molecule has 1 N–H and O–H groups in total. The number of amides is 2. The Labute approximate surface area is 134 Å². The van der Waals surface area contributed by atoms with Crippen LogP contribution >= 0.6 is 0 Å². The van der Waals surface area contributed by atoms with Crippen molar-refractivity contribution in [2.24, 2.45) is 5.92 Å². The van der Waals surface area contributed by atoms with Gasteiger partial charge in [-0.2, -0.15) is 0 Å². The standard InChI is InChI=1S/C16H21N3O4/c1-8-13(9(2)23-18-8)16(21)19-7-11(14-12(19)5-6-22-14)15(20)17-10-3-4-10/h10-12,14H,3-7H2,1-2H3,(H,17,20)/t11-,12-,14+/m0/s1. The molecule has 23 heavy (non-hydrogen) atoms. The highest BCUT2D eigenvalue weighted by Crippen LogP contribution is 2.35. The van der Waals surface area contributed by atoms with Crippen molar-refractivity contribution in [3.63, 3.8) is 0 Å². The molecule has 7 heteroatoms. The Morgan fingerprint density at radius 3 is 2.70 bits per heavy atom. The summed E-state index contributed by atoms with van der Waals surface area (Å²) in [4.78, 5) is 27.2. The zero-order chi connectivity index (χ0) is 16.1. The summed E-state index contributed by atoms with van der Waals surface area (Å²) in [7, 11) is 0. The number of ether oxygens (including phenoxy) is 1. The minimum atomic E-state index is -0.285. The predicted octanol–water partition coefficient (Wildman–Crippen LogP) is 0.800. The first-order valence-corrected chi connectivity index (χ1v) is 8.22. The van der Waals surface area contributed by atoms with Crippen LogP contribution in [0.4, 0.5) is 0 Å². The van der Waals surface area contributed by atoms with Crippen molar-refractivity contribution < 1.29 is 18.8 Å². The van der Waals surface area contributed by atoms with E-state index in [1.165, 1.54) is 0 Å². The minimum Gasteiger partial charge on any atom is -0.375 e. The van der Waals surface area contributed by atoms with Crippen LogP contribution < -0.4 is 5.32 Å². The van der Waals surface area contributed by atoms with Crippen molar-refractivity contribution in [2.45, 2.75) is 51.3 Å². The normalized spacial score (nSPS) is 29.7. The molecule has 0 aromatic carbocycles. The highest BCUT2D eigenvalue weighted by Gasteiger charge is 2.51. The van der Waals surface area contributed by atoms with Gasteiger partial charge in [-0.25, -0.2) is 0 Å². The van der Waals surface area contributed by atoms with Crippen molar-refractivity contribution in [2.75, 3.05) is 13.2 Å². The van der Waals surface area contributed by atoms with Crippen LogP contribution in [0.15, 0.2) is 4.52 Å². The molecule has 3 atom stereocenters. The molecule has 2 amide bonds. The van der Waals surface area contributed by atoms with E-state index in [1.807, 2.05) is 0 Å². The fraction of sp³-hybridized carbons (Fsp3) is 0.688. The summed E-state index contributed by atoms with van der Waals surface area (Å²) in [5.74, 6) is 0.142. The van der Waals surface area contributed by atoms with Crippen LogP contribution in [-0.2, 0) is 9.53 Å². The van der Waals surface area contributed by atoms with Crippen molar-refractivity contribution in [1.29, 1.82) is 0 Å². The smallest absolute Gasteiger partial charge is 0.259 e. The van der Waals surface area contributed by atoms with E-state index in [-0.39, 0.29) is 29.9 Å². The number of nitrogens with zero attached hydrogens (tertiary/aromatic N) is 2. The first-order valence-electron chi connectivity index (χ1n) is 8.22. The molecule has 0 spiro atoms. The second-order valence-corrected chi connectivity index (χ2v) is 6.74. The maximum absolute atomic E-state index is 12.9. The summed E-state index contributed by atoms with van der Waals surface area (Å²) in [6.07, 6.45) is 2.68. The number of fused-ring (bicyclic) bond motifs is 1. The van der Waals surface area contributed by atoms with Gasteiger partial charge in [-0.3, -0.25) is 9.59 Å². The molecule has 3 heterocycles. The van der Waals surface area contributed by atoms with Gasteiger partial charge in [-0.15, -0.1) is 0 Å². The molecule has 1 aliphatic carbocycles. The van der Waals surface area contributed by atoms with E-state index in [0.717, 1.165) is 19.3 Å². The molecule has 124 valence electrons. The lowest BCUT2D eigenvalue weighted by Gasteiger charge is -2.22. The van der Waals surface area contributed by atoms with Gasteiger partial charge in [-0.1, -0.05) is 5.16 Å². The van der Waals surface area contributed by atoms with Gasteiger partial charge in [0.1, 0.15) is 11.3 Å².